The molecule has 1 N–H and O–H groups in total. The Hall–Kier alpha value is -1.92. The SMILES string of the molecule is CC(C)c1cnc(NC(=O)N(C)C[C@@H]2CCN(Cc3ccccc3)C2)s1. The van der Waals surface area contributed by atoms with Gasteiger partial charge in [-0.15, -0.1) is 11.3 Å². The number of rotatable bonds is 6. The summed E-state index contributed by atoms with van der Waals surface area (Å²) in [7, 11) is 1.87. The van der Waals surface area contributed by atoms with E-state index in [1.54, 1.807) is 16.2 Å². The molecule has 1 fully saturated rings. The second-order valence-electron chi connectivity index (χ2n) is 7.41. The maximum atomic E-state index is 12.4. The van der Waals surface area contributed by atoms with Crippen molar-refractivity contribution >= 4 is 22.5 Å². The number of benzene rings is 1. The Kier molecular flexibility index (Phi) is 6.27. The number of amides is 2. The van der Waals surface area contributed by atoms with Crippen LogP contribution in [0.2, 0.25) is 0 Å². The zero-order valence-electron chi connectivity index (χ0n) is 15.8. The number of carbonyl (C=O) groups is 1. The summed E-state index contributed by atoms with van der Waals surface area (Å²) in [6, 6.07) is 10.5. The number of urea groups is 1. The third-order valence-corrected chi connectivity index (χ3v) is 6.02. The van der Waals surface area contributed by atoms with Gasteiger partial charge in [0.2, 0.25) is 0 Å². The van der Waals surface area contributed by atoms with Crippen LogP contribution < -0.4 is 5.32 Å². The highest BCUT2D eigenvalue weighted by Crippen LogP contribution is 2.25. The summed E-state index contributed by atoms with van der Waals surface area (Å²) in [5.74, 6) is 0.960. The molecular weight excluding hydrogens is 344 g/mol. The van der Waals surface area contributed by atoms with Crippen LogP contribution in [0.1, 0.15) is 36.6 Å². The second kappa shape index (κ2) is 8.64. The third kappa shape index (κ3) is 5.05. The van der Waals surface area contributed by atoms with Gasteiger partial charge in [0.25, 0.3) is 0 Å². The van der Waals surface area contributed by atoms with Crippen molar-refractivity contribution in [1.82, 2.24) is 14.8 Å². The highest BCUT2D eigenvalue weighted by molar-refractivity contribution is 7.15. The summed E-state index contributed by atoms with van der Waals surface area (Å²) in [6.07, 6.45) is 2.99. The van der Waals surface area contributed by atoms with Crippen LogP contribution in [-0.4, -0.2) is 47.5 Å². The van der Waals surface area contributed by atoms with Crippen molar-refractivity contribution in [2.75, 3.05) is 32.0 Å². The van der Waals surface area contributed by atoms with Crippen LogP contribution in [0.5, 0.6) is 0 Å². The van der Waals surface area contributed by atoms with Crippen LogP contribution >= 0.6 is 11.3 Å². The van der Waals surface area contributed by atoms with Crippen LogP contribution in [0, 0.1) is 5.92 Å². The fraction of sp³-hybridized carbons (Fsp3) is 0.500. The fourth-order valence-electron chi connectivity index (χ4n) is 3.32. The number of likely N-dealkylation sites (tertiary alicyclic amines) is 1. The molecule has 0 spiro atoms. The van der Waals surface area contributed by atoms with Crippen LogP contribution in [0.15, 0.2) is 36.5 Å². The Bertz CT molecular complexity index is 716. The molecule has 0 saturated carbocycles. The van der Waals surface area contributed by atoms with Gasteiger partial charge in [-0.05, 0) is 30.4 Å². The lowest BCUT2D eigenvalue weighted by molar-refractivity contribution is 0.212. The maximum absolute atomic E-state index is 12.4. The van der Waals surface area contributed by atoms with Gasteiger partial charge >= 0.3 is 6.03 Å². The molecule has 1 atom stereocenters. The van der Waals surface area contributed by atoms with Crippen molar-refractivity contribution in [1.29, 1.82) is 0 Å². The normalized spacial score (nSPS) is 17.6. The van der Waals surface area contributed by atoms with E-state index in [-0.39, 0.29) is 6.03 Å². The van der Waals surface area contributed by atoms with Gasteiger partial charge in [-0.1, -0.05) is 44.2 Å². The standard InChI is InChI=1S/C20H28N4OS/c1-15(2)18-11-21-19(26-18)22-20(25)23(3)12-17-9-10-24(14-17)13-16-7-5-4-6-8-16/h4-8,11,15,17H,9-10,12-14H2,1-3H3,(H,21,22,25)/t17-/m0/s1. The predicted molar refractivity (Wildman–Crippen MR) is 108 cm³/mol. The first-order valence-electron chi connectivity index (χ1n) is 9.25. The van der Waals surface area contributed by atoms with Crippen molar-refractivity contribution in [2.24, 2.45) is 5.92 Å². The Morgan fingerprint density at radius 2 is 2.15 bits per heavy atom. The number of nitrogens with one attached hydrogen (secondary N) is 1. The Labute approximate surface area is 160 Å². The quantitative estimate of drug-likeness (QED) is 0.824. The monoisotopic (exact) mass is 372 g/mol. The van der Waals surface area contributed by atoms with Gasteiger partial charge in [0, 0.05) is 37.8 Å². The molecule has 0 unspecified atom stereocenters. The third-order valence-electron chi connectivity index (χ3n) is 4.80. The van der Waals surface area contributed by atoms with E-state index in [0.717, 1.165) is 32.6 Å². The lowest BCUT2D eigenvalue weighted by Crippen LogP contribution is -2.36. The molecule has 140 valence electrons. The molecule has 26 heavy (non-hydrogen) atoms. The van der Waals surface area contributed by atoms with Crippen molar-refractivity contribution in [3.8, 4) is 0 Å². The van der Waals surface area contributed by atoms with Crippen molar-refractivity contribution < 1.29 is 4.79 Å². The van der Waals surface area contributed by atoms with Gasteiger partial charge in [-0.3, -0.25) is 10.2 Å². The molecule has 6 heteroatoms. The van der Waals surface area contributed by atoms with Crippen LogP contribution in [0.25, 0.3) is 0 Å². The molecule has 1 aliphatic heterocycles. The molecule has 3 rings (SSSR count). The van der Waals surface area contributed by atoms with Crippen LogP contribution in [0.4, 0.5) is 9.93 Å². The van der Waals surface area contributed by atoms with Crippen molar-refractivity contribution in [3.63, 3.8) is 0 Å². The number of carbonyl (C=O) groups excluding carboxylic acids is 1. The van der Waals surface area contributed by atoms with E-state index in [0.29, 0.717) is 17.0 Å². The van der Waals surface area contributed by atoms with Crippen LogP contribution in [-0.2, 0) is 6.54 Å². The molecule has 1 aromatic carbocycles. The lowest BCUT2D eigenvalue weighted by atomic mass is 10.1. The van der Waals surface area contributed by atoms with Gasteiger partial charge in [-0.2, -0.15) is 0 Å². The molecule has 0 radical (unpaired) electrons. The number of nitrogens with zero attached hydrogens (tertiary/aromatic N) is 3. The maximum Gasteiger partial charge on any atom is 0.323 e. The van der Waals surface area contributed by atoms with E-state index in [1.807, 2.05) is 13.2 Å². The molecule has 1 saturated heterocycles. The molecule has 2 heterocycles. The molecule has 5 nitrogen and oxygen atoms in total. The predicted octanol–water partition coefficient (Wildman–Crippen LogP) is 4.25. The summed E-state index contributed by atoms with van der Waals surface area (Å²) in [6.45, 7) is 8.17. The fourth-order valence-corrected chi connectivity index (χ4v) is 4.12. The number of anilines is 1. The largest absolute Gasteiger partial charge is 0.327 e. The van der Waals surface area contributed by atoms with Gasteiger partial charge < -0.3 is 4.90 Å². The highest BCUT2D eigenvalue weighted by atomic mass is 32.1. The molecule has 2 aromatic rings. The second-order valence-corrected chi connectivity index (χ2v) is 8.47. The van der Waals surface area contributed by atoms with Gasteiger partial charge in [-0.25, -0.2) is 9.78 Å². The molecule has 1 aromatic heterocycles. The summed E-state index contributed by atoms with van der Waals surface area (Å²) in [5.41, 5.74) is 1.35. The van der Waals surface area contributed by atoms with Crippen molar-refractivity contribution in [2.45, 2.75) is 32.7 Å². The Balaban J connectivity index is 1.45. The van der Waals surface area contributed by atoms with Gasteiger partial charge in [0.15, 0.2) is 5.13 Å². The lowest BCUT2D eigenvalue weighted by Gasteiger charge is -2.21. The van der Waals surface area contributed by atoms with E-state index in [1.165, 1.54) is 10.4 Å². The highest BCUT2D eigenvalue weighted by Gasteiger charge is 2.25. The van der Waals surface area contributed by atoms with Crippen LogP contribution in [0.3, 0.4) is 0 Å². The minimum Gasteiger partial charge on any atom is -0.327 e. The molecule has 1 aliphatic rings. The van der Waals surface area contributed by atoms with E-state index >= 15 is 0 Å². The van der Waals surface area contributed by atoms with E-state index < -0.39 is 0 Å². The first-order valence-corrected chi connectivity index (χ1v) is 10.1. The molecule has 2 amide bonds. The summed E-state index contributed by atoms with van der Waals surface area (Å²) in [4.78, 5) is 22.2. The van der Waals surface area contributed by atoms with Gasteiger partial charge in [0.1, 0.15) is 0 Å². The minimum absolute atomic E-state index is 0.0730. The van der Waals surface area contributed by atoms with E-state index in [9.17, 15) is 4.79 Å². The minimum atomic E-state index is -0.0730. The number of aromatic nitrogens is 1. The summed E-state index contributed by atoms with van der Waals surface area (Å²) < 4.78 is 0. The molecule has 0 bridgehead atoms. The smallest absolute Gasteiger partial charge is 0.323 e. The summed E-state index contributed by atoms with van der Waals surface area (Å²) >= 11 is 1.55. The number of thiazole rings is 1. The topological polar surface area (TPSA) is 48.5 Å². The summed E-state index contributed by atoms with van der Waals surface area (Å²) in [5, 5.41) is 3.61. The van der Waals surface area contributed by atoms with Crippen molar-refractivity contribution in [3.05, 3.63) is 47.0 Å². The number of hydrogen-bond acceptors (Lipinski definition) is 4. The zero-order valence-corrected chi connectivity index (χ0v) is 16.6. The first kappa shape index (κ1) is 18.9. The Morgan fingerprint density at radius 1 is 1.38 bits per heavy atom. The van der Waals surface area contributed by atoms with Gasteiger partial charge in [0.05, 0.1) is 0 Å². The molecule has 0 aliphatic carbocycles. The molecular formula is C20H28N4OS. The Morgan fingerprint density at radius 3 is 2.85 bits per heavy atom. The van der Waals surface area contributed by atoms with E-state index in [4.69, 9.17) is 0 Å². The zero-order chi connectivity index (χ0) is 18.5. The number of hydrogen-bond donors (Lipinski definition) is 1. The average Bonchev–Trinajstić information content (AvgIpc) is 3.25. The first-order chi connectivity index (χ1) is 12.5. The van der Waals surface area contributed by atoms with E-state index in [2.05, 4.69) is 59.4 Å². The average molecular weight is 373 g/mol.